The third-order valence-corrected chi connectivity index (χ3v) is 3.22. The second-order valence-electron chi connectivity index (χ2n) is 4.73. The fraction of sp³-hybridized carbons (Fsp3) is 0.429. The first kappa shape index (κ1) is 12.8. The van der Waals surface area contributed by atoms with E-state index in [1.807, 2.05) is 43.2 Å². The molecule has 18 heavy (non-hydrogen) atoms. The van der Waals surface area contributed by atoms with Gasteiger partial charge in [-0.3, -0.25) is 9.67 Å². The van der Waals surface area contributed by atoms with Crippen LogP contribution in [0.1, 0.15) is 42.8 Å². The van der Waals surface area contributed by atoms with Gasteiger partial charge in [-0.2, -0.15) is 5.10 Å². The summed E-state index contributed by atoms with van der Waals surface area (Å²) in [5.41, 5.74) is 3.58. The second-order valence-corrected chi connectivity index (χ2v) is 4.73. The number of hydrogen-bond acceptors (Lipinski definition) is 3. The number of hydrogen-bond donors (Lipinski definition) is 1. The van der Waals surface area contributed by atoms with Crippen molar-refractivity contribution in [2.75, 3.05) is 0 Å². The van der Waals surface area contributed by atoms with E-state index in [4.69, 9.17) is 0 Å². The van der Waals surface area contributed by atoms with Gasteiger partial charge in [0.15, 0.2) is 0 Å². The van der Waals surface area contributed by atoms with Crippen LogP contribution >= 0.6 is 0 Å². The summed E-state index contributed by atoms with van der Waals surface area (Å²) in [4.78, 5) is 4.04. The van der Waals surface area contributed by atoms with Crippen molar-refractivity contribution >= 4 is 0 Å². The van der Waals surface area contributed by atoms with Gasteiger partial charge in [0.1, 0.15) is 0 Å². The Labute approximate surface area is 108 Å². The molecular formula is C14H20N4. The van der Waals surface area contributed by atoms with Gasteiger partial charge in [0.2, 0.25) is 0 Å². The van der Waals surface area contributed by atoms with Gasteiger partial charge in [0, 0.05) is 43.3 Å². The predicted molar refractivity (Wildman–Crippen MR) is 72.1 cm³/mol. The van der Waals surface area contributed by atoms with E-state index in [1.54, 1.807) is 0 Å². The molecular weight excluding hydrogens is 224 g/mol. The van der Waals surface area contributed by atoms with Crippen LogP contribution in [0.2, 0.25) is 0 Å². The van der Waals surface area contributed by atoms with E-state index in [0.717, 1.165) is 5.69 Å². The van der Waals surface area contributed by atoms with Crippen LogP contribution in [0.4, 0.5) is 0 Å². The quantitative estimate of drug-likeness (QED) is 0.898. The number of pyridine rings is 1. The number of aromatic nitrogens is 3. The number of aryl methyl sites for hydroxylation is 2. The van der Waals surface area contributed by atoms with Crippen molar-refractivity contribution in [2.45, 2.75) is 32.9 Å². The summed E-state index contributed by atoms with van der Waals surface area (Å²) < 4.78 is 1.86. The Morgan fingerprint density at radius 3 is 2.39 bits per heavy atom. The maximum absolute atomic E-state index is 4.38. The molecule has 0 bridgehead atoms. The van der Waals surface area contributed by atoms with Crippen LogP contribution in [0.15, 0.2) is 30.7 Å². The molecule has 0 saturated heterocycles. The van der Waals surface area contributed by atoms with E-state index in [2.05, 4.69) is 35.4 Å². The minimum absolute atomic E-state index is 0.280. The first-order valence-corrected chi connectivity index (χ1v) is 6.24. The summed E-state index contributed by atoms with van der Waals surface area (Å²) >= 11 is 0. The standard InChI is InChI=1S/C14H20N4/c1-10(13-5-7-15-8-6-13)16-11(2)14-9-18(4)17-12(14)3/h5-11,16H,1-4H3. The predicted octanol–water partition coefficient (Wildman–Crippen LogP) is 2.54. The zero-order valence-electron chi connectivity index (χ0n) is 11.4. The van der Waals surface area contributed by atoms with Gasteiger partial charge in [0.25, 0.3) is 0 Å². The molecule has 0 fully saturated rings. The lowest BCUT2D eigenvalue weighted by Gasteiger charge is -2.20. The molecule has 0 aliphatic rings. The largest absolute Gasteiger partial charge is 0.304 e. The molecule has 0 amide bonds. The molecule has 2 rings (SSSR count). The van der Waals surface area contributed by atoms with E-state index in [9.17, 15) is 0 Å². The van der Waals surface area contributed by atoms with Crippen LogP contribution in [0, 0.1) is 6.92 Å². The Hall–Kier alpha value is -1.68. The summed E-state index contributed by atoms with van der Waals surface area (Å²) in [7, 11) is 1.95. The molecule has 0 radical (unpaired) electrons. The molecule has 2 heterocycles. The van der Waals surface area contributed by atoms with Gasteiger partial charge >= 0.3 is 0 Å². The van der Waals surface area contributed by atoms with E-state index >= 15 is 0 Å². The Bertz CT molecular complexity index is 504. The first-order valence-electron chi connectivity index (χ1n) is 6.24. The van der Waals surface area contributed by atoms with Crippen LogP contribution < -0.4 is 5.32 Å². The highest BCUT2D eigenvalue weighted by atomic mass is 15.3. The van der Waals surface area contributed by atoms with Gasteiger partial charge < -0.3 is 5.32 Å². The average Bonchev–Trinajstić information content (AvgIpc) is 2.69. The van der Waals surface area contributed by atoms with Gasteiger partial charge in [0.05, 0.1) is 5.69 Å². The highest BCUT2D eigenvalue weighted by Crippen LogP contribution is 2.20. The van der Waals surface area contributed by atoms with Crippen molar-refractivity contribution in [1.29, 1.82) is 0 Å². The molecule has 0 saturated carbocycles. The lowest BCUT2D eigenvalue weighted by molar-refractivity contribution is 0.493. The summed E-state index contributed by atoms with van der Waals surface area (Å²) in [5, 5.41) is 7.96. The van der Waals surface area contributed by atoms with Gasteiger partial charge in [-0.15, -0.1) is 0 Å². The Morgan fingerprint density at radius 1 is 1.17 bits per heavy atom. The maximum Gasteiger partial charge on any atom is 0.0641 e. The van der Waals surface area contributed by atoms with Crippen LogP contribution in [0.5, 0.6) is 0 Å². The van der Waals surface area contributed by atoms with E-state index in [1.165, 1.54) is 11.1 Å². The lowest BCUT2D eigenvalue weighted by Crippen LogP contribution is -2.22. The highest BCUT2D eigenvalue weighted by molar-refractivity contribution is 5.21. The summed E-state index contributed by atoms with van der Waals surface area (Å²) in [6.45, 7) is 6.38. The van der Waals surface area contributed by atoms with E-state index < -0.39 is 0 Å². The normalized spacial score (nSPS) is 14.4. The van der Waals surface area contributed by atoms with Gasteiger partial charge in [-0.05, 0) is 38.5 Å². The molecule has 2 aromatic heterocycles. The first-order chi connectivity index (χ1) is 8.58. The van der Waals surface area contributed by atoms with E-state index in [0.29, 0.717) is 6.04 Å². The fourth-order valence-electron chi connectivity index (χ4n) is 2.26. The summed E-state index contributed by atoms with van der Waals surface area (Å²) in [6.07, 6.45) is 5.73. The van der Waals surface area contributed by atoms with Gasteiger partial charge in [-0.25, -0.2) is 0 Å². The monoisotopic (exact) mass is 244 g/mol. The topological polar surface area (TPSA) is 42.7 Å². The SMILES string of the molecule is Cc1nn(C)cc1C(C)NC(C)c1ccncc1. The van der Waals surface area contributed by atoms with Crippen LogP contribution in [-0.4, -0.2) is 14.8 Å². The molecule has 0 spiro atoms. The third-order valence-electron chi connectivity index (χ3n) is 3.22. The Balaban J connectivity index is 2.08. The van der Waals surface area contributed by atoms with E-state index in [-0.39, 0.29) is 6.04 Å². The molecule has 0 aliphatic carbocycles. The molecule has 2 aromatic rings. The second kappa shape index (κ2) is 5.31. The van der Waals surface area contributed by atoms with Crippen molar-refractivity contribution in [2.24, 2.45) is 7.05 Å². The van der Waals surface area contributed by atoms with Crippen molar-refractivity contribution < 1.29 is 0 Å². The zero-order valence-corrected chi connectivity index (χ0v) is 11.4. The van der Waals surface area contributed by atoms with Crippen LogP contribution in [0.25, 0.3) is 0 Å². The Morgan fingerprint density at radius 2 is 1.83 bits per heavy atom. The molecule has 96 valence electrons. The lowest BCUT2D eigenvalue weighted by atomic mass is 10.1. The average molecular weight is 244 g/mol. The zero-order chi connectivity index (χ0) is 13.1. The minimum Gasteiger partial charge on any atom is -0.304 e. The van der Waals surface area contributed by atoms with Crippen LogP contribution in [-0.2, 0) is 7.05 Å². The highest BCUT2D eigenvalue weighted by Gasteiger charge is 2.14. The molecule has 0 aliphatic heterocycles. The number of rotatable bonds is 4. The molecule has 2 atom stereocenters. The van der Waals surface area contributed by atoms with Crippen molar-refractivity contribution in [1.82, 2.24) is 20.1 Å². The van der Waals surface area contributed by atoms with Crippen molar-refractivity contribution in [3.63, 3.8) is 0 Å². The van der Waals surface area contributed by atoms with Gasteiger partial charge in [-0.1, -0.05) is 0 Å². The van der Waals surface area contributed by atoms with Crippen molar-refractivity contribution in [3.05, 3.63) is 47.5 Å². The molecule has 2 unspecified atom stereocenters. The van der Waals surface area contributed by atoms with Crippen LogP contribution in [0.3, 0.4) is 0 Å². The third kappa shape index (κ3) is 2.76. The fourth-order valence-corrected chi connectivity index (χ4v) is 2.26. The smallest absolute Gasteiger partial charge is 0.0641 e. The molecule has 4 heteroatoms. The number of nitrogens with zero attached hydrogens (tertiary/aromatic N) is 3. The molecule has 4 nitrogen and oxygen atoms in total. The molecule has 0 aromatic carbocycles. The minimum atomic E-state index is 0.280. The molecule has 1 N–H and O–H groups in total. The summed E-state index contributed by atoms with van der Waals surface area (Å²) in [5.74, 6) is 0. The maximum atomic E-state index is 4.38. The Kier molecular flexibility index (Phi) is 3.77. The number of nitrogens with one attached hydrogen (secondary N) is 1. The summed E-state index contributed by atoms with van der Waals surface area (Å²) in [6, 6.07) is 4.66. The van der Waals surface area contributed by atoms with Crippen molar-refractivity contribution in [3.8, 4) is 0 Å².